The molecule has 0 aliphatic heterocycles. The van der Waals surface area contributed by atoms with Crippen LogP contribution in [0.15, 0.2) is 0 Å². The molecule has 0 aliphatic carbocycles. The number of aliphatic hydroxyl groups excluding tert-OH is 1. The second-order valence-electron chi connectivity index (χ2n) is 1.06. The van der Waals surface area contributed by atoms with Crippen LogP contribution in [0.1, 0.15) is 0 Å². The molecule has 0 saturated heterocycles. The van der Waals surface area contributed by atoms with E-state index in [2.05, 4.69) is 12.6 Å². The number of rotatable bonds is 4. The van der Waals surface area contributed by atoms with Crippen LogP contribution in [-0.4, -0.2) is 30.7 Å². The van der Waals surface area contributed by atoms with E-state index in [-0.39, 0.29) is 6.61 Å². The number of hydrogen-bond acceptors (Lipinski definition) is 3. The molecule has 0 heterocycles. The summed E-state index contributed by atoms with van der Waals surface area (Å²) in [7, 11) is 0. The van der Waals surface area contributed by atoms with Gasteiger partial charge in [-0.05, 0) is 0 Å². The summed E-state index contributed by atoms with van der Waals surface area (Å²) in [5.74, 6) is 0.722. The van der Waals surface area contributed by atoms with E-state index < -0.39 is 0 Å². The van der Waals surface area contributed by atoms with Crippen LogP contribution in [0.2, 0.25) is 0 Å². The summed E-state index contributed by atoms with van der Waals surface area (Å²) in [4.78, 5) is 0. The molecule has 0 spiro atoms. The van der Waals surface area contributed by atoms with Crippen LogP contribution in [0.25, 0.3) is 0 Å². The molecule has 44 valence electrons. The molecule has 0 bridgehead atoms. The fourth-order valence-electron chi connectivity index (χ4n) is 0.231. The second kappa shape index (κ2) is 6.27. The van der Waals surface area contributed by atoms with Crippen LogP contribution in [-0.2, 0) is 4.74 Å². The molecule has 0 saturated carbocycles. The first-order valence-corrected chi connectivity index (χ1v) is 2.84. The average molecular weight is 122 g/mol. The summed E-state index contributed by atoms with van der Waals surface area (Å²) in [6.07, 6.45) is 0. The van der Waals surface area contributed by atoms with E-state index in [1.807, 2.05) is 0 Å². The minimum absolute atomic E-state index is 0.105. The lowest BCUT2D eigenvalue weighted by Crippen LogP contribution is -2.00. The van der Waals surface area contributed by atoms with Gasteiger partial charge in [0.2, 0.25) is 0 Å². The van der Waals surface area contributed by atoms with E-state index in [9.17, 15) is 0 Å². The van der Waals surface area contributed by atoms with Crippen LogP contribution in [0.4, 0.5) is 0 Å². The first-order chi connectivity index (χ1) is 3.41. The van der Waals surface area contributed by atoms with Crippen molar-refractivity contribution in [3.8, 4) is 0 Å². The average Bonchev–Trinajstić information content (AvgIpc) is 1.69. The Morgan fingerprint density at radius 3 is 2.57 bits per heavy atom. The van der Waals surface area contributed by atoms with E-state index in [0.29, 0.717) is 13.2 Å². The van der Waals surface area contributed by atoms with Gasteiger partial charge in [-0.1, -0.05) is 0 Å². The van der Waals surface area contributed by atoms with Gasteiger partial charge in [0, 0.05) is 5.75 Å². The molecule has 0 aromatic heterocycles. The third-order valence-electron chi connectivity index (χ3n) is 0.471. The summed E-state index contributed by atoms with van der Waals surface area (Å²) in [5, 5.41) is 8.14. The maximum atomic E-state index is 8.14. The number of aliphatic hydroxyl groups is 1. The Hall–Kier alpha value is 0.270. The molecular weight excluding hydrogens is 112 g/mol. The van der Waals surface area contributed by atoms with Crippen molar-refractivity contribution in [2.45, 2.75) is 0 Å². The van der Waals surface area contributed by atoms with Gasteiger partial charge in [-0.2, -0.15) is 12.6 Å². The standard InChI is InChI=1S/C4H10O2S/c5-1-2-6-3-4-7/h5,7H,1-4H2. The largest absolute Gasteiger partial charge is 0.394 e. The third-order valence-corrected chi connectivity index (χ3v) is 0.654. The minimum atomic E-state index is 0.105. The molecule has 1 N–H and O–H groups in total. The van der Waals surface area contributed by atoms with E-state index in [1.165, 1.54) is 0 Å². The molecule has 0 aromatic rings. The van der Waals surface area contributed by atoms with Crippen LogP contribution < -0.4 is 0 Å². The topological polar surface area (TPSA) is 29.5 Å². The van der Waals surface area contributed by atoms with E-state index in [1.54, 1.807) is 0 Å². The highest BCUT2D eigenvalue weighted by Gasteiger charge is 1.79. The normalized spacial score (nSPS) is 9.43. The molecule has 0 atom stereocenters. The first kappa shape index (κ1) is 7.27. The van der Waals surface area contributed by atoms with Crippen LogP contribution in [0.3, 0.4) is 0 Å². The zero-order valence-electron chi connectivity index (χ0n) is 4.13. The van der Waals surface area contributed by atoms with Crippen molar-refractivity contribution >= 4 is 12.6 Å². The summed E-state index contributed by atoms with van der Waals surface area (Å²) in [5.41, 5.74) is 0. The molecule has 2 nitrogen and oxygen atoms in total. The first-order valence-electron chi connectivity index (χ1n) is 2.21. The SMILES string of the molecule is OCCOCCS. The fraction of sp³-hybridized carbons (Fsp3) is 1.00. The Morgan fingerprint density at radius 2 is 2.14 bits per heavy atom. The molecule has 0 aromatic carbocycles. The number of thiol groups is 1. The van der Waals surface area contributed by atoms with Gasteiger partial charge in [0.05, 0.1) is 19.8 Å². The number of ether oxygens (including phenoxy) is 1. The second-order valence-corrected chi connectivity index (χ2v) is 1.51. The molecule has 0 amide bonds. The summed E-state index contributed by atoms with van der Waals surface area (Å²) in [6, 6.07) is 0. The smallest absolute Gasteiger partial charge is 0.0698 e. The van der Waals surface area contributed by atoms with Crippen molar-refractivity contribution in [2.24, 2.45) is 0 Å². The minimum Gasteiger partial charge on any atom is -0.394 e. The predicted molar refractivity (Wildman–Crippen MR) is 31.8 cm³/mol. The van der Waals surface area contributed by atoms with Crippen molar-refractivity contribution < 1.29 is 9.84 Å². The summed E-state index contributed by atoms with van der Waals surface area (Å²) >= 11 is 3.89. The Kier molecular flexibility index (Phi) is 6.51. The van der Waals surface area contributed by atoms with Crippen LogP contribution >= 0.6 is 12.6 Å². The monoisotopic (exact) mass is 122 g/mol. The highest BCUT2D eigenvalue weighted by atomic mass is 32.1. The maximum Gasteiger partial charge on any atom is 0.0698 e. The van der Waals surface area contributed by atoms with E-state index >= 15 is 0 Å². The zero-order valence-corrected chi connectivity index (χ0v) is 5.03. The molecule has 7 heavy (non-hydrogen) atoms. The van der Waals surface area contributed by atoms with Gasteiger partial charge in [0.25, 0.3) is 0 Å². The van der Waals surface area contributed by atoms with Gasteiger partial charge >= 0.3 is 0 Å². The lowest BCUT2D eigenvalue weighted by Gasteiger charge is -1.94. The summed E-state index contributed by atoms with van der Waals surface area (Å²) < 4.78 is 4.81. The Bertz CT molecular complexity index is 28.9. The van der Waals surface area contributed by atoms with Gasteiger partial charge in [-0.15, -0.1) is 0 Å². The van der Waals surface area contributed by atoms with Crippen LogP contribution in [0, 0.1) is 0 Å². The van der Waals surface area contributed by atoms with E-state index in [4.69, 9.17) is 9.84 Å². The fourth-order valence-corrected chi connectivity index (χ4v) is 0.360. The maximum absolute atomic E-state index is 8.14. The van der Waals surface area contributed by atoms with Gasteiger partial charge < -0.3 is 9.84 Å². The van der Waals surface area contributed by atoms with E-state index in [0.717, 1.165) is 5.75 Å². The van der Waals surface area contributed by atoms with Crippen molar-refractivity contribution in [3.05, 3.63) is 0 Å². The third kappa shape index (κ3) is 6.27. The Labute approximate surface area is 48.9 Å². The van der Waals surface area contributed by atoms with Gasteiger partial charge in [-0.25, -0.2) is 0 Å². The highest BCUT2D eigenvalue weighted by molar-refractivity contribution is 7.80. The van der Waals surface area contributed by atoms with Gasteiger partial charge in [0.1, 0.15) is 0 Å². The molecule has 3 heteroatoms. The lowest BCUT2D eigenvalue weighted by molar-refractivity contribution is 0.103. The van der Waals surface area contributed by atoms with Crippen LogP contribution in [0.5, 0.6) is 0 Å². The predicted octanol–water partition coefficient (Wildman–Crippen LogP) is -0.0749. The summed E-state index contributed by atoms with van der Waals surface area (Å²) in [6.45, 7) is 1.16. The Balaban J connectivity index is 2.45. The Morgan fingerprint density at radius 1 is 1.43 bits per heavy atom. The van der Waals surface area contributed by atoms with Crippen molar-refractivity contribution in [2.75, 3.05) is 25.6 Å². The quantitative estimate of drug-likeness (QED) is 0.403. The molecule has 0 aliphatic rings. The van der Waals surface area contributed by atoms with Crippen molar-refractivity contribution in [1.82, 2.24) is 0 Å². The molecule has 0 fully saturated rings. The highest BCUT2D eigenvalue weighted by Crippen LogP contribution is 1.75. The lowest BCUT2D eigenvalue weighted by atomic mass is 10.7. The van der Waals surface area contributed by atoms with Gasteiger partial charge in [-0.3, -0.25) is 0 Å². The van der Waals surface area contributed by atoms with Gasteiger partial charge in [0.15, 0.2) is 0 Å². The zero-order chi connectivity index (χ0) is 5.54. The molecule has 0 radical (unpaired) electrons. The van der Waals surface area contributed by atoms with Crippen molar-refractivity contribution in [1.29, 1.82) is 0 Å². The molecule has 0 rings (SSSR count). The molecule has 0 unspecified atom stereocenters. The number of hydrogen-bond donors (Lipinski definition) is 2. The molecular formula is C4H10O2S. The van der Waals surface area contributed by atoms with Crippen molar-refractivity contribution in [3.63, 3.8) is 0 Å².